The summed E-state index contributed by atoms with van der Waals surface area (Å²) in [7, 11) is 0.504. The van der Waals surface area contributed by atoms with E-state index < -0.39 is 8.07 Å². The normalized spacial score (nSPS) is 15.8. The molecule has 0 spiro atoms. The van der Waals surface area contributed by atoms with Crippen molar-refractivity contribution in [1.82, 2.24) is 0 Å². The molecule has 0 amide bonds. The predicted octanol–water partition coefficient (Wildman–Crippen LogP) is 10.6. The molecule has 0 saturated carbocycles. The van der Waals surface area contributed by atoms with Crippen LogP contribution in [0.15, 0.2) is 122 Å². The van der Waals surface area contributed by atoms with Crippen LogP contribution in [0.3, 0.4) is 0 Å². The van der Waals surface area contributed by atoms with E-state index in [1.165, 1.54) is 33.5 Å². The molecule has 0 radical (unpaired) electrons. The van der Waals surface area contributed by atoms with Crippen LogP contribution in [0.1, 0.15) is 62.3 Å². The van der Waals surface area contributed by atoms with Gasteiger partial charge in [-0.05, 0) is 80.5 Å². The van der Waals surface area contributed by atoms with E-state index in [9.17, 15) is 0 Å². The van der Waals surface area contributed by atoms with Crippen LogP contribution in [0, 0.1) is 12.8 Å². The number of rotatable bonds is 12. The lowest BCUT2D eigenvalue weighted by Crippen LogP contribution is -2.55. The largest absolute Gasteiger partial charge is 0.354 e. The second-order valence-electron chi connectivity index (χ2n) is 14.8. The van der Waals surface area contributed by atoms with Crippen molar-refractivity contribution in [2.75, 3.05) is 17.3 Å². The number of fused-ring (bicyclic) bond motifs is 3. The van der Waals surface area contributed by atoms with E-state index >= 15 is 0 Å². The number of hydrogen-bond donors (Lipinski definition) is 1. The van der Waals surface area contributed by atoms with Gasteiger partial charge in [0.2, 0.25) is 11.7 Å². The minimum absolute atomic E-state index is 0.0377. The maximum Gasteiger partial charge on any atom is 0.213 e. The van der Waals surface area contributed by atoms with Crippen molar-refractivity contribution in [3.8, 4) is 11.3 Å². The van der Waals surface area contributed by atoms with Crippen molar-refractivity contribution in [3.05, 3.63) is 138 Å². The summed E-state index contributed by atoms with van der Waals surface area (Å²) in [6.07, 6.45) is 9.80. The third kappa shape index (κ3) is 7.54. The molecule has 4 aromatic rings. The third-order valence-electron chi connectivity index (χ3n) is 9.47. The highest BCUT2D eigenvalue weighted by molar-refractivity contribution is 6.89. The lowest BCUT2D eigenvalue weighted by molar-refractivity contribution is -0.708. The minimum Gasteiger partial charge on any atom is -0.354 e. The first-order chi connectivity index (χ1) is 22.4. The van der Waals surface area contributed by atoms with Gasteiger partial charge < -0.3 is 10.2 Å². The molecule has 0 bridgehead atoms. The summed E-state index contributed by atoms with van der Waals surface area (Å²) in [6, 6.07) is 28.6. The average Bonchev–Trinajstić information content (AvgIpc) is 3.02. The van der Waals surface area contributed by atoms with Crippen molar-refractivity contribution in [2.45, 2.75) is 78.6 Å². The van der Waals surface area contributed by atoms with Gasteiger partial charge in [0.1, 0.15) is 0 Å². The topological polar surface area (TPSA) is 19.1 Å². The quantitative estimate of drug-likeness (QED) is 0.0944. The number of nitrogens with zero attached hydrogens (tertiary/aromatic N) is 2. The monoisotopic (exact) mass is 640 g/mol. The SMILES string of the molecule is C=C(/C=C\C)CCC1c2cc(C)ccc2-c2cc(CC(C)C)c([Si](C)(C)C)c[n+]2C1C(=C)N(C)c1ccccc1Nc1ccccc1. The molecule has 4 heteroatoms. The molecule has 1 aliphatic rings. The van der Waals surface area contributed by atoms with Crippen LogP contribution in [0.4, 0.5) is 17.1 Å². The number of benzene rings is 3. The average molecular weight is 641 g/mol. The second kappa shape index (κ2) is 14.3. The van der Waals surface area contributed by atoms with E-state index in [0.717, 1.165) is 42.0 Å². The second-order valence-corrected chi connectivity index (χ2v) is 19.8. The highest BCUT2D eigenvalue weighted by Crippen LogP contribution is 2.46. The number of likely N-dealkylation sites (N-methyl/N-ethyl adjacent to an activating group) is 1. The molecular weight excluding hydrogens is 587 g/mol. The Morgan fingerprint density at radius 1 is 0.979 bits per heavy atom. The summed E-state index contributed by atoms with van der Waals surface area (Å²) in [5.41, 5.74) is 12.4. The van der Waals surface area contributed by atoms with Crippen molar-refractivity contribution in [1.29, 1.82) is 0 Å². The Kier molecular flexibility index (Phi) is 10.4. The molecule has 5 rings (SSSR count). The number of aromatic nitrogens is 1. The van der Waals surface area contributed by atoms with Gasteiger partial charge in [0.05, 0.1) is 31.1 Å². The zero-order valence-corrected chi connectivity index (χ0v) is 30.9. The molecule has 2 heterocycles. The lowest BCUT2D eigenvalue weighted by atomic mass is 9.77. The molecule has 47 heavy (non-hydrogen) atoms. The van der Waals surface area contributed by atoms with Gasteiger partial charge in [0.15, 0.2) is 6.20 Å². The van der Waals surface area contributed by atoms with E-state index in [1.54, 1.807) is 5.19 Å². The predicted molar refractivity (Wildman–Crippen MR) is 207 cm³/mol. The summed E-state index contributed by atoms with van der Waals surface area (Å²) in [5.74, 6) is 0.823. The molecule has 0 saturated heterocycles. The highest BCUT2D eigenvalue weighted by Gasteiger charge is 2.44. The first-order valence-electron chi connectivity index (χ1n) is 17.2. The van der Waals surface area contributed by atoms with Crippen molar-refractivity contribution in [2.24, 2.45) is 5.92 Å². The minimum atomic E-state index is -1.68. The van der Waals surface area contributed by atoms with Crippen LogP contribution in [-0.2, 0) is 6.42 Å². The van der Waals surface area contributed by atoms with Crippen LogP contribution in [0.2, 0.25) is 19.6 Å². The van der Waals surface area contributed by atoms with Gasteiger partial charge in [0, 0.05) is 29.6 Å². The summed E-state index contributed by atoms with van der Waals surface area (Å²) in [4.78, 5) is 2.32. The number of nitrogens with one attached hydrogen (secondary N) is 1. The van der Waals surface area contributed by atoms with Crippen LogP contribution in [0.25, 0.3) is 11.3 Å². The number of pyridine rings is 1. The number of hydrogen-bond acceptors (Lipinski definition) is 2. The number of para-hydroxylation sites is 3. The maximum atomic E-state index is 4.93. The molecular formula is C43H54N3Si+. The fraction of sp³-hybridized carbons (Fsp3) is 0.326. The van der Waals surface area contributed by atoms with Gasteiger partial charge in [0.25, 0.3) is 0 Å². The maximum absolute atomic E-state index is 4.93. The Labute approximate surface area is 285 Å². The zero-order valence-electron chi connectivity index (χ0n) is 29.9. The van der Waals surface area contributed by atoms with Gasteiger partial charge in [-0.3, -0.25) is 0 Å². The van der Waals surface area contributed by atoms with Gasteiger partial charge in [-0.2, -0.15) is 4.57 Å². The molecule has 0 aliphatic carbocycles. The number of anilines is 3. The van der Waals surface area contributed by atoms with Gasteiger partial charge in [-0.25, -0.2) is 0 Å². The highest BCUT2D eigenvalue weighted by atomic mass is 28.3. The Morgan fingerprint density at radius 2 is 1.68 bits per heavy atom. The molecule has 1 N–H and O–H groups in total. The van der Waals surface area contributed by atoms with Gasteiger partial charge in [-0.15, -0.1) is 0 Å². The molecule has 1 aromatic heterocycles. The summed E-state index contributed by atoms with van der Waals surface area (Å²) >= 11 is 0. The molecule has 244 valence electrons. The summed E-state index contributed by atoms with van der Waals surface area (Å²) in [6.45, 7) is 25.8. The Morgan fingerprint density at radius 3 is 2.36 bits per heavy atom. The lowest BCUT2D eigenvalue weighted by Gasteiger charge is -2.37. The first-order valence-corrected chi connectivity index (χ1v) is 20.7. The summed E-state index contributed by atoms with van der Waals surface area (Å²) in [5, 5.41) is 5.22. The molecule has 2 atom stereocenters. The van der Waals surface area contributed by atoms with Crippen LogP contribution >= 0.6 is 0 Å². The first kappa shape index (κ1) is 34.2. The van der Waals surface area contributed by atoms with Gasteiger partial charge >= 0.3 is 0 Å². The van der Waals surface area contributed by atoms with Crippen LogP contribution in [-0.4, -0.2) is 15.1 Å². The Bertz CT molecular complexity index is 1780. The van der Waals surface area contributed by atoms with Gasteiger partial charge in [-0.1, -0.05) is 112 Å². The van der Waals surface area contributed by atoms with Crippen molar-refractivity contribution >= 4 is 30.3 Å². The van der Waals surface area contributed by atoms with Crippen molar-refractivity contribution < 1.29 is 4.57 Å². The van der Waals surface area contributed by atoms with Crippen molar-refractivity contribution in [3.63, 3.8) is 0 Å². The van der Waals surface area contributed by atoms with E-state index in [1.807, 2.05) is 0 Å². The molecule has 1 aliphatic heterocycles. The van der Waals surface area contributed by atoms with Crippen LogP contribution < -0.4 is 20.0 Å². The fourth-order valence-electron chi connectivity index (χ4n) is 7.19. The number of aryl methyl sites for hydroxylation is 1. The van der Waals surface area contributed by atoms with E-state index in [-0.39, 0.29) is 12.0 Å². The number of allylic oxidation sites excluding steroid dienone is 4. The molecule has 0 fully saturated rings. The molecule has 2 unspecified atom stereocenters. The zero-order chi connectivity index (χ0) is 33.9. The Hall–Kier alpha value is -4.15. The fourth-order valence-corrected chi connectivity index (χ4v) is 8.86. The standard InChI is InChI=1S/C43H54N3Si/c1-11-17-31(4)22-25-37-38-27-32(5)23-24-36(38)41-28-34(26-30(2)3)42(47(8,9)10)29-46(41)43(37)33(6)45(7)40-21-16-15-20-39(40)44-35-18-13-12-14-19-35/h11-21,23-24,27-30,37,43-44H,4,6,22,25-26H2,1-3,5,7-10H3/q+1/b17-11-. The van der Waals surface area contributed by atoms with E-state index in [0.29, 0.717) is 5.92 Å². The third-order valence-corrected chi connectivity index (χ3v) is 11.5. The summed E-state index contributed by atoms with van der Waals surface area (Å²) < 4.78 is 2.60. The molecule has 3 nitrogen and oxygen atoms in total. The van der Waals surface area contributed by atoms with Crippen LogP contribution in [0.5, 0.6) is 0 Å². The molecule has 3 aromatic carbocycles. The smallest absolute Gasteiger partial charge is 0.213 e. The van der Waals surface area contributed by atoms with E-state index in [4.69, 9.17) is 6.58 Å². The van der Waals surface area contributed by atoms with E-state index in [2.05, 4.69) is 173 Å². The Balaban J connectivity index is 1.70.